The maximum atomic E-state index is 11.7. The second-order valence-corrected chi connectivity index (χ2v) is 1.63. The first-order valence-electron chi connectivity index (χ1n) is 2.44. The summed E-state index contributed by atoms with van der Waals surface area (Å²) in [5.74, 6) is 0. The van der Waals surface area contributed by atoms with Crippen molar-refractivity contribution in [2.45, 2.75) is 6.18 Å². The molecular formula is C5H3F3N2+. The predicted octanol–water partition coefficient (Wildman–Crippen LogP) is 0.881. The number of alkyl halides is 3. The van der Waals surface area contributed by atoms with Crippen LogP contribution in [0.5, 0.6) is 0 Å². The molecule has 0 atom stereocenters. The molecule has 0 aliphatic carbocycles. The Morgan fingerprint density at radius 1 is 1.40 bits per heavy atom. The van der Waals surface area contributed by atoms with Crippen molar-refractivity contribution in [2.75, 3.05) is 0 Å². The molecule has 2 nitrogen and oxygen atoms in total. The maximum Gasteiger partial charge on any atom is 0.422 e. The minimum absolute atomic E-state index is 0.681. The number of nitrogens with zero attached hydrogens (tertiary/aromatic N) is 2. The van der Waals surface area contributed by atoms with Gasteiger partial charge in [0.2, 0.25) is 5.10 Å². The number of hydrogen-bond donors (Lipinski definition) is 0. The van der Waals surface area contributed by atoms with Crippen molar-refractivity contribution in [3.8, 4) is 0 Å². The van der Waals surface area contributed by atoms with Crippen molar-refractivity contribution in [1.29, 1.82) is 0 Å². The summed E-state index contributed by atoms with van der Waals surface area (Å²) in [7, 11) is 0. The van der Waals surface area contributed by atoms with Crippen molar-refractivity contribution in [2.24, 2.45) is 5.10 Å². The second kappa shape index (κ2) is 2.24. The van der Waals surface area contributed by atoms with E-state index in [9.17, 15) is 13.2 Å². The van der Waals surface area contributed by atoms with Crippen LogP contribution in [0.1, 0.15) is 0 Å². The van der Waals surface area contributed by atoms with Crippen LogP contribution in [0.3, 0.4) is 0 Å². The van der Waals surface area contributed by atoms with E-state index in [1.165, 1.54) is 0 Å². The third-order valence-electron chi connectivity index (χ3n) is 0.912. The number of hydrogen-bond acceptors (Lipinski definition) is 2. The van der Waals surface area contributed by atoms with Crippen LogP contribution in [0.15, 0.2) is 16.8 Å². The summed E-state index contributed by atoms with van der Waals surface area (Å²) < 4.78 is 35.2. The summed E-state index contributed by atoms with van der Waals surface area (Å²) in [6, 6.07) is 0. The predicted molar refractivity (Wildman–Crippen MR) is 30.8 cm³/mol. The molecule has 1 aliphatic rings. The van der Waals surface area contributed by atoms with E-state index in [-0.39, 0.29) is 0 Å². The first kappa shape index (κ1) is 6.98. The number of rotatable bonds is 0. The van der Waals surface area contributed by atoms with E-state index in [1.807, 2.05) is 0 Å². The van der Waals surface area contributed by atoms with E-state index in [2.05, 4.69) is 10.2 Å². The van der Waals surface area contributed by atoms with Crippen LogP contribution in [-0.2, 0) is 0 Å². The summed E-state index contributed by atoms with van der Waals surface area (Å²) in [6.07, 6.45) is -1.76. The van der Waals surface area contributed by atoms with Crippen molar-refractivity contribution >= 4 is 12.4 Å². The Bertz CT molecular complexity index is 211. The van der Waals surface area contributed by atoms with Crippen molar-refractivity contribution in [3.05, 3.63) is 11.6 Å². The van der Waals surface area contributed by atoms with Crippen LogP contribution < -0.4 is 5.10 Å². The Hall–Kier alpha value is -1.13. The van der Waals surface area contributed by atoms with Gasteiger partial charge in [0.15, 0.2) is 0 Å². The standard InChI is InChI=1S/C5H3F3N2/c6-5(7,8)4-1-2-9-10-3-4/h1-3H/q+1. The molecule has 0 bridgehead atoms. The highest BCUT2D eigenvalue weighted by molar-refractivity contribution is 5.89. The van der Waals surface area contributed by atoms with Gasteiger partial charge in [0.25, 0.3) is 6.21 Å². The summed E-state index contributed by atoms with van der Waals surface area (Å²) >= 11 is 0. The molecule has 0 unspecified atom stereocenters. The van der Waals surface area contributed by atoms with E-state index in [0.29, 0.717) is 6.21 Å². The fourth-order valence-corrected chi connectivity index (χ4v) is 0.458. The van der Waals surface area contributed by atoms with Crippen molar-refractivity contribution in [3.63, 3.8) is 0 Å². The third kappa shape index (κ3) is 1.43. The van der Waals surface area contributed by atoms with Gasteiger partial charge < -0.3 is 0 Å². The minimum atomic E-state index is -4.31. The molecule has 53 valence electrons. The first-order valence-corrected chi connectivity index (χ1v) is 2.44. The van der Waals surface area contributed by atoms with Crippen LogP contribution in [0.4, 0.5) is 13.2 Å². The molecule has 1 radical (unpaired) electrons. The fraction of sp³-hybridized carbons (Fsp3) is 0.200. The molecule has 0 amide bonds. The third-order valence-corrected chi connectivity index (χ3v) is 0.912. The molecule has 1 rings (SSSR count). The van der Waals surface area contributed by atoms with Crippen LogP contribution in [0.2, 0.25) is 0 Å². The molecule has 0 spiro atoms. The molecule has 0 fully saturated rings. The van der Waals surface area contributed by atoms with E-state index < -0.39 is 11.7 Å². The average molecular weight is 148 g/mol. The Morgan fingerprint density at radius 2 is 2.10 bits per heavy atom. The molecular weight excluding hydrogens is 145 g/mol. The second-order valence-electron chi connectivity index (χ2n) is 1.63. The SMILES string of the molecule is FC(F)(F)C1=CC=N[N+]=C1. The first-order chi connectivity index (χ1) is 4.61. The highest BCUT2D eigenvalue weighted by Crippen LogP contribution is 2.23. The van der Waals surface area contributed by atoms with Gasteiger partial charge in [-0.2, -0.15) is 13.2 Å². The average Bonchev–Trinajstić information content (AvgIpc) is 1.88. The lowest BCUT2D eigenvalue weighted by molar-refractivity contribution is -0.0855. The molecule has 0 aromatic heterocycles. The molecule has 0 aromatic carbocycles. The molecule has 0 N–H and O–H groups in total. The largest absolute Gasteiger partial charge is 0.422 e. The monoisotopic (exact) mass is 148 g/mol. The van der Waals surface area contributed by atoms with Crippen LogP contribution in [-0.4, -0.2) is 18.6 Å². The van der Waals surface area contributed by atoms with E-state index in [4.69, 9.17) is 0 Å². The van der Waals surface area contributed by atoms with Gasteiger partial charge in [-0.1, -0.05) is 0 Å². The topological polar surface area (TPSA) is 26.5 Å². The van der Waals surface area contributed by atoms with Gasteiger partial charge >= 0.3 is 6.18 Å². The molecule has 0 saturated carbocycles. The van der Waals surface area contributed by atoms with Gasteiger partial charge in [-0.05, 0) is 6.08 Å². The number of halogens is 3. The van der Waals surface area contributed by atoms with E-state index in [0.717, 1.165) is 12.3 Å². The fourth-order valence-electron chi connectivity index (χ4n) is 0.458. The van der Waals surface area contributed by atoms with Crippen molar-refractivity contribution in [1.82, 2.24) is 5.10 Å². The zero-order valence-electron chi connectivity index (χ0n) is 4.76. The van der Waals surface area contributed by atoms with Gasteiger partial charge in [-0.25, -0.2) is 0 Å². The van der Waals surface area contributed by atoms with Crippen LogP contribution in [0.25, 0.3) is 0 Å². The summed E-state index contributed by atoms with van der Waals surface area (Å²) in [4.78, 5) is 0. The highest BCUT2D eigenvalue weighted by atomic mass is 19.4. The Kier molecular flexibility index (Phi) is 1.57. The van der Waals surface area contributed by atoms with Crippen molar-refractivity contribution < 1.29 is 13.2 Å². The van der Waals surface area contributed by atoms with Gasteiger partial charge in [0.05, 0.1) is 5.10 Å². The molecule has 1 heterocycles. The molecule has 0 saturated heterocycles. The highest BCUT2D eigenvalue weighted by Gasteiger charge is 2.36. The smallest absolute Gasteiger partial charge is 0.166 e. The summed E-state index contributed by atoms with van der Waals surface area (Å²) in [5, 5.41) is 6.29. The molecule has 10 heavy (non-hydrogen) atoms. The van der Waals surface area contributed by atoms with Gasteiger partial charge in [0.1, 0.15) is 11.8 Å². The van der Waals surface area contributed by atoms with Gasteiger partial charge in [-0.15, -0.1) is 0 Å². The quantitative estimate of drug-likeness (QED) is 0.487. The number of allylic oxidation sites excluding steroid dienone is 2. The summed E-state index contributed by atoms with van der Waals surface area (Å²) in [5.41, 5.74) is -0.775. The lowest BCUT2D eigenvalue weighted by Crippen LogP contribution is -2.16. The lowest BCUT2D eigenvalue weighted by Gasteiger charge is -2.01. The molecule has 5 heteroatoms. The minimum Gasteiger partial charge on any atom is -0.166 e. The van der Waals surface area contributed by atoms with Crippen LogP contribution >= 0.6 is 0 Å². The summed E-state index contributed by atoms with van der Waals surface area (Å²) in [6.45, 7) is 0. The van der Waals surface area contributed by atoms with Crippen LogP contribution in [0, 0.1) is 0 Å². The van der Waals surface area contributed by atoms with Gasteiger partial charge in [0, 0.05) is 0 Å². The maximum absolute atomic E-state index is 11.7. The molecule has 1 aliphatic heterocycles. The Labute approximate surface area is 54.8 Å². The Morgan fingerprint density at radius 3 is 2.40 bits per heavy atom. The zero-order chi connectivity index (χ0) is 7.61. The Balaban J connectivity index is 2.85. The van der Waals surface area contributed by atoms with E-state index >= 15 is 0 Å². The normalized spacial score (nSPS) is 17.3. The lowest BCUT2D eigenvalue weighted by atomic mass is 10.2. The zero-order valence-corrected chi connectivity index (χ0v) is 4.76. The van der Waals surface area contributed by atoms with E-state index in [1.54, 1.807) is 0 Å². The molecule has 0 aromatic rings. The van der Waals surface area contributed by atoms with Gasteiger partial charge in [-0.3, -0.25) is 0 Å².